The molecule has 9 rings (SSSR count). The van der Waals surface area contributed by atoms with Crippen LogP contribution in [0.5, 0.6) is 0 Å². The number of benzene rings is 7. The van der Waals surface area contributed by atoms with E-state index in [0.29, 0.717) is 73.4 Å². The highest BCUT2D eigenvalue weighted by molar-refractivity contribution is 6.11. The molecule has 2 aromatic heterocycles. The van der Waals surface area contributed by atoms with E-state index in [4.69, 9.17) is 21.5 Å². The highest BCUT2D eigenvalue weighted by atomic mass is 15.0. The molecule has 0 fully saturated rings. The Kier molecular flexibility index (Phi) is 9.00. The van der Waals surface area contributed by atoms with Crippen LogP contribution in [0.1, 0.15) is 27.8 Å². The largest absolute Gasteiger partial charge is 0.308 e. The minimum absolute atomic E-state index is 0.301. The van der Waals surface area contributed by atoms with Gasteiger partial charge in [-0.05, 0) is 74.0 Å². The summed E-state index contributed by atoms with van der Waals surface area (Å²) < 4.78 is 2.19. The van der Waals surface area contributed by atoms with Crippen LogP contribution in [-0.2, 0) is 0 Å². The van der Waals surface area contributed by atoms with Gasteiger partial charge in [0.15, 0.2) is 23.2 Å². The predicted octanol–water partition coefficient (Wildman–Crippen LogP) is 12.1. The molecule has 0 saturated heterocycles. The van der Waals surface area contributed by atoms with Gasteiger partial charge >= 0.3 is 0 Å². The minimum atomic E-state index is 0.301. The number of rotatable bonds is 6. The Morgan fingerprint density at radius 1 is 0.492 bits per heavy atom. The fourth-order valence-corrected chi connectivity index (χ4v) is 7.71. The second-order valence-electron chi connectivity index (χ2n) is 14.3. The summed E-state index contributed by atoms with van der Waals surface area (Å²) in [6, 6.07) is 53.2. The molecule has 0 bridgehead atoms. The third kappa shape index (κ3) is 6.40. The van der Waals surface area contributed by atoms with E-state index in [0.717, 1.165) is 44.1 Å². The van der Waals surface area contributed by atoms with Gasteiger partial charge in [-0.25, -0.2) is 19.8 Å². The summed E-state index contributed by atoms with van der Waals surface area (Å²) in [6.45, 7) is 11.9. The van der Waals surface area contributed by atoms with Crippen LogP contribution in [0.15, 0.2) is 146 Å². The van der Waals surface area contributed by atoms with Crippen LogP contribution in [0.4, 0.5) is 5.69 Å². The highest BCUT2D eigenvalue weighted by Crippen LogP contribution is 2.46. The number of hydrogen-bond acceptors (Lipinski definition) is 6. The van der Waals surface area contributed by atoms with Crippen molar-refractivity contribution in [3.8, 4) is 80.3 Å². The van der Waals surface area contributed by atoms with Crippen LogP contribution in [-0.4, -0.2) is 19.5 Å². The first-order chi connectivity index (χ1) is 28.9. The molecule has 0 spiro atoms. The summed E-state index contributed by atoms with van der Waals surface area (Å²) in [5.74, 6) is 1.33. The smallest absolute Gasteiger partial charge is 0.188 e. The van der Waals surface area contributed by atoms with Crippen LogP contribution in [0.2, 0.25) is 0 Å². The molecule has 0 aliphatic rings. The third-order valence-electron chi connectivity index (χ3n) is 10.5. The zero-order chi connectivity index (χ0) is 40.6. The number of nitriles is 3. The lowest BCUT2D eigenvalue weighted by atomic mass is 9.88. The fourth-order valence-electron chi connectivity index (χ4n) is 7.71. The Hall–Kier alpha value is -8.69. The SMILES string of the molecule is [C-]#[N+]c1ccc(-c2cc(-c3nc(-c4ccccc4)nc(-c4ccccc4)n3)cc(-c3ccc(C#N)cc3C#N)c2-n2c3ccc(C)cc3c3cc(C)ccc32)c(C#N)c1. The van der Waals surface area contributed by atoms with Crippen molar-refractivity contribution >= 4 is 27.5 Å². The topological polar surface area (TPSA) is 119 Å². The molecular weight excluding hydrogens is 725 g/mol. The number of hydrogen-bond donors (Lipinski definition) is 0. The molecular formula is C51H30N8. The molecule has 8 heteroatoms. The summed E-state index contributed by atoms with van der Waals surface area (Å²) in [5.41, 5.74) is 10.7. The van der Waals surface area contributed by atoms with Gasteiger partial charge in [0.05, 0.1) is 52.6 Å². The quantitative estimate of drug-likeness (QED) is 0.156. The molecule has 9 aromatic rings. The number of aryl methyl sites for hydroxylation is 2. The first kappa shape index (κ1) is 36.0. The summed E-state index contributed by atoms with van der Waals surface area (Å²) >= 11 is 0. The molecule has 0 unspecified atom stereocenters. The molecule has 0 N–H and O–H groups in total. The molecule has 274 valence electrons. The van der Waals surface area contributed by atoms with E-state index in [2.05, 4.69) is 77.9 Å². The van der Waals surface area contributed by atoms with Gasteiger partial charge in [0.1, 0.15) is 0 Å². The summed E-state index contributed by atoms with van der Waals surface area (Å²) in [5, 5.41) is 33.4. The first-order valence-corrected chi connectivity index (χ1v) is 18.8. The zero-order valence-corrected chi connectivity index (χ0v) is 31.9. The first-order valence-electron chi connectivity index (χ1n) is 18.8. The standard InChI is InChI=1S/C51H30N8/c1-31-14-20-46-42(22-31)43-23-32(2)15-21-47(43)59(46)48-44(40-18-16-33(28-52)24-37(40)29-53)26-36(27-45(48)41-19-17-39(55-3)25-38(41)30-54)51-57-49(34-10-6-4-7-11-34)56-50(58-51)35-12-8-5-9-13-35/h4-27H,1-2H3. The molecule has 59 heavy (non-hydrogen) atoms. The third-order valence-corrected chi connectivity index (χ3v) is 10.5. The van der Waals surface area contributed by atoms with Gasteiger partial charge in [0.25, 0.3) is 0 Å². The number of fused-ring (bicyclic) bond motifs is 3. The van der Waals surface area contributed by atoms with Crippen molar-refractivity contribution in [1.82, 2.24) is 19.5 Å². The monoisotopic (exact) mass is 754 g/mol. The fraction of sp³-hybridized carbons (Fsp3) is 0.0392. The van der Waals surface area contributed by atoms with Gasteiger partial charge in [-0.1, -0.05) is 102 Å². The van der Waals surface area contributed by atoms with Crippen molar-refractivity contribution < 1.29 is 0 Å². The molecule has 0 aliphatic carbocycles. The second-order valence-corrected chi connectivity index (χ2v) is 14.3. The van der Waals surface area contributed by atoms with Crippen molar-refractivity contribution in [1.29, 1.82) is 15.8 Å². The van der Waals surface area contributed by atoms with E-state index in [9.17, 15) is 15.8 Å². The molecule has 8 nitrogen and oxygen atoms in total. The Morgan fingerprint density at radius 3 is 1.47 bits per heavy atom. The maximum absolute atomic E-state index is 10.7. The van der Waals surface area contributed by atoms with E-state index >= 15 is 0 Å². The molecule has 0 radical (unpaired) electrons. The lowest BCUT2D eigenvalue weighted by Crippen LogP contribution is -2.05. The Labute approximate surface area is 340 Å². The van der Waals surface area contributed by atoms with E-state index in [1.54, 1.807) is 30.3 Å². The van der Waals surface area contributed by atoms with Crippen LogP contribution in [0.3, 0.4) is 0 Å². The van der Waals surface area contributed by atoms with Crippen molar-refractivity contribution in [2.24, 2.45) is 0 Å². The van der Waals surface area contributed by atoms with E-state index in [1.807, 2.05) is 78.9 Å². The van der Waals surface area contributed by atoms with Crippen LogP contribution < -0.4 is 0 Å². The van der Waals surface area contributed by atoms with Gasteiger partial charge in [-0.3, -0.25) is 0 Å². The lowest BCUT2D eigenvalue weighted by Gasteiger charge is -2.22. The molecule has 0 aliphatic heterocycles. The maximum Gasteiger partial charge on any atom is 0.188 e. The van der Waals surface area contributed by atoms with Crippen molar-refractivity contribution in [2.45, 2.75) is 13.8 Å². The molecule has 0 atom stereocenters. The number of aromatic nitrogens is 4. The lowest BCUT2D eigenvalue weighted by molar-refractivity contribution is 1.07. The summed E-state index contributed by atoms with van der Waals surface area (Å²) in [6.07, 6.45) is 0. The minimum Gasteiger partial charge on any atom is -0.308 e. The van der Waals surface area contributed by atoms with Crippen LogP contribution >= 0.6 is 0 Å². The van der Waals surface area contributed by atoms with E-state index < -0.39 is 0 Å². The Bertz CT molecular complexity index is 3120. The molecule has 2 heterocycles. The van der Waals surface area contributed by atoms with Gasteiger partial charge in [0, 0.05) is 49.7 Å². The van der Waals surface area contributed by atoms with Crippen molar-refractivity contribution in [3.63, 3.8) is 0 Å². The van der Waals surface area contributed by atoms with Crippen LogP contribution in [0.25, 0.3) is 88.8 Å². The zero-order valence-electron chi connectivity index (χ0n) is 31.9. The Balaban J connectivity index is 1.48. The number of nitrogens with zero attached hydrogens (tertiary/aromatic N) is 8. The summed E-state index contributed by atoms with van der Waals surface area (Å²) in [7, 11) is 0. The van der Waals surface area contributed by atoms with Gasteiger partial charge in [-0.15, -0.1) is 0 Å². The van der Waals surface area contributed by atoms with E-state index in [-0.39, 0.29) is 0 Å². The average Bonchev–Trinajstić information content (AvgIpc) is 3.60. The molecule has 0 amide bonds. The maximum atomic E-state index is 10.7. The van der Waals surface area contributed by atoms with Crippen LogP contribution in [0, 0.1) is 54.4 Å². The Morgan fingerprint density at radius 2 is 0.983 bits per heavy atom. The highest BCUT2D eigenvalue weighted by Gasteiger charge is 2.25. The van der Waals surface area contributed by atoms with Gasteiger partial charge in [0.2, 0.25) is 0 Å². The average molecular weight is 755 g/mol. The van der Waals surface area contributed by atoms with Crippen molar-refractivity contribution in [3.05, 3.63) is 185 Å². The normalized spacial score (nSPS) is 10.8. The molecule has 7 aromatic carbocycles. The molecule has 0 saturated carbocycles. The van der Waals surface area contributed by atoms with Gasteiger partial charge < -0.3 is 4.57 Å². The van der Waals surface area contributed by atoms with Gasteiger partial charge in [-0.2, -0.15) is 15.8 Å². The predicted molar refractivity (Wildman–Crippen MR) is 231 cm³/mol. The second kappa shape index (κ2) is 14.8. The summed E-state index contributed by atoms with van der Waals surface area (Å²) in [4.78, 5) is 18.7. The van der Waals surface area contributed by atoms with Crippen molar-refractivity contribution in [2.75, 3.05) is 0 Å². The van der Waals surface area contributed by atoms with E-state index in [1.165, 1.54) is 0 Å².